The first-order chi connectivity index (χ1) is 8.50. The third kappa shape index (κ3) is 2.21. The highest BCUT2D eigenvalue weighted by Crippen LogP contribution is 2.11. The van der Waals surface area contributed by atoms with Gasteiger partial charge < -0.3 is 10.1 Å². The maximum Gasteiger partial charge on any atom is 0.352 e. The second-order valence-corrected chi connectivity index (χ2v) is 4.44. The summed E-state index contributed by atoms with van der Waals surface area (Å²) in [5, 5.41) is 9.04. The van der Waals surface area contributed by atoms with Gasteiger partial charge in [0.1, 0.15) is 5.69 Å². The fourth-order valence-electron chi connectivity index (χ4n) is 2.16. The molecule has 1 aromatic rings. The predicted octanol–water partition coefficient (Wildman–Crippen LogP) is -0.632. The molecule has 1 aromatic heterocycles. The van der Waals surface area contributed by atoms with Crippen molar-refractivity contribution in [3.8, 4) is 0 Å². The van der Waals surface area contributed by atoms with Gasteiger partial charge in [0.25, 0.3) is 5.56 Å². The fourth-order valence-corrected chi connectivity index (χ4v) is 2.16. The number of aromatic amines is 1. The summed E-state index contributed by atoms with van der Waals surface area (Å²) in [6, 6.07) is 0. The van der Waals surface area contributed by atoms with E-state index >= 15 is 0 Å². The number of likely N-dealkylation sites (tertiary alicyclic amines) is 1. The van der Waals surface area contributed by atoms with E-state index in [2.05, 4.69) is 4.98 Å². The SMILES string of the molecule is Cn1c(=O)[nH]c(C(=O)O)c(CN2CCCC2)c1=O. The minimum Gasteiger partial charge on any atom is -0.477 e. The minimum atomic E-state index is -1.28. The monoisotopic (exact) mass is 253 g/mol. The van der Waals surface area contributed by atoms with E-state index in [4.69, 9.17) is 5.11 Å². The van der Waals surface area contributed by atoms with Crippen molar-refractivity contribution >= 4 is 5.97 Å². The molecule has 0 saturated carbocycles. The zero-order chi connectivity index (χ0) is 13.3. The number of carbonyl (C=O) groups is 1. The summed E-state index contributed by atoms with van der Waals surface area (Å²) < 4.78 is 0.901. The summed E-state index contributed by atoms with van der Waals surface area (Å²) in [4.78, 5) is 38.7. The lowest BCUT2D eigenvalue weighted by Gasteiger charge is -2.15. The van der Waals surface area contributed by atoms with E-state index in [1.54, 1.807) is 0 Å². The summed E-state index contributed by atoms with van der Waals surface area (Å²) in [5.74, 6) is -1.28. The molecular formula is C11H15N3O4. The molecule has 98 valence electrons. The number of aromatic carboxylic acids is 1. The smallest absolute Gasteiger partial charge is 0.352 e. The third-order valence-corrected chi connectivity index (χ3v) is 3.20. The Balaban J connectivity index is 2.49. The molecule has 0 atom stereocenters. The van der Waals surface area contributed by atoms with Gasteiger partial charge in [0.05, 0.1) is 5.56 Å². The molecule has 2 rings (SSSR count). The molecule has 18 heavy (non-hydrogen) atoms. The highest BCUT2D eigenvalue weighted by atomic mass is 16.4. The molecular weight excluding hydrogens is 238 g/mol. The normalized spacial score (nSPS) is 16.1. The first-order valence-electron chi connectivity index (χ1n) is 5.78. The summed E-state index contributed by atoms with van der Waals surface area (Å²) in [5.41, 5.74) is -1.40. The van der Waals surface area contributed by atoms with E-state index in [1.807, 2.05) is 4.90 Å². The van der Waals surface area contributed by atoms with Crippen LogP contribution in [0.15, 0.2) is 9.59 Å². The molecule has 7 nitrogen and oxygen atoms in total. The Kier molecular flexibility index (Phi) is 3.33. The van der Waals surface area contributed by atoms with E-state index in [-0.39, 0.29) is 17.8 Å². The molecule has 0 unspecified atom stereocenters. The van der Waals surface area contributed by atoms with Crippen molar-refractivity contribution < 1.29 is 9.90 Å². The second kappa shape index (κ2) is 4.77. The first kappa shape index (κ1) is 12.6. The highest BCUT2D eigenvalue weighted by Gasteiger charge is 2.21. The zero-order valence-electron chi connectivity index (χ0n) is 10.1. The van der Waals surface area contributed by atoms with Crippen molar-refractivity contribution in [2.45, 2.75) is 19.4 Å². The van der Waals surface area contributed by atoms with Crippen molar-refractivity contribution in [3.05, 3.63) is 32.1 Å². The lowest BCUT2D eigenvalue weighted by molar-refractivity contribution is 0.0686. The Hall–Kier alpha value is -1.89. The van der Waals surface area contributed by atoms with E-state index in [0.29, 0.717) is 0 Å². The molecule has 1 fully saturated rings. The van der Waals surface area contributed by atoms with E-state index in [9.17, 15) is 14.4 Å². The number of rotatable bonds is 3. The maximum atomic E-state index is 12.0. The number of hydrogen-bond acceptors (Lipinski definition) is 4. The Morgan fingerprint density at radius 2 is 1.94 bits per heavy atom. The molecule has 0 amide bonds. The number of hydrogen-bond donors (Lipinski definition) is 2. The van der Waals surface area contributed by atoms with Crippen LogP contribution in [0.1, 0.15) is 28.9 Å². The number of nitrogens with zero attached hydrogens (tertiary/aromatic N) is 2. The van der Waals surface area contributed by atoms with Crippen LogP contribution in [0, 0.1) is 0 Å². The average molecular weight is 253 g/mol. The molecule has 0 bridgehead atoms. The van der Waals surface area contributed by atoms with E-state index in [0.717, 1.165) is 30.5 Å². The van der Waals surface area contributed by atoms with Crippen molar-refractivity contribution in [3.63, 3.8) is 0 Å². The predicted molar refractivity (Wildman–Crippen MR) is 63.8 cm³/mol. The minimum absolute atomic E-state index is 0.145. The van der Waals surface area contributed by atoms with Crippen molar-refractivity contribution in [1.82, 2.24) is 14.5 Å². The van der Waals surface area contributed by atoms with Gasteiger partial charge in [-0.2, -0.15) is 0 Å². The molecule has 7 heteroatoms. The molecule has 1 aliphatic heterocycles. The molecule has 0 radical (unpaired) electrons. The number of H-pyrrole nitrogens is 1. The van der Waals surface area contributed by atoms with Crippen molar-refractivity contribution in [2.75, 3.05) is 13.1 Å². The lowest BCUT2D eigenvalue weighted by atomic mass is 10.2. The molecule has 1 aliphatic rings. The van der Waals surface area contributed by atoms with Gasteiger partial charge >= 0.3 is 11.7 Å². The average Bonchev–Trinajstić information content (AvgIpc) is 2.82. The maximum absolute atomic E-state index is 12.0. The number of carboxylic acids is 1. The molecule has 0 spiro atoms. The van der Waals surface area contributed by atoms with Crippen LogP contribution in [0.5, 0.6) is 0 Å². The van der Waals surface area contributed by atoms with E-state index < -0.39 is 17.2 Å². The summed E-state index contributed by atoms with van der Waals surface area (Å²) >= 11 is 0. The standard InChI is InChI=1S/C11H15N3O4/c1-13-9(15)7(6-14-4-2-3-5-14)8(10(16)17)12-11(13)18/h2-6H2,1H3,(H,12,18)(H,16,17). The van der Waals surface area contributed by atoms with Crippen molar-refractivity contribution in [1.29, 1.82) is 0 Å². The van der Waals surface area contributed by atoms with Gasteiger partial charge in [-0.05, 0) is 25.9 Å². The number of aromatic nitrogens is 2. The topological polar surface area (TPSA) is 95.4 Å². The number of carboxylic acid groups (broad SMARTS) is 1. The summed E-state index contributed by atoms with van der Waals surface area (Å²) in [7, 11) is 1.33. The molecule has 1 saturated heterocycles. The quantitative estimate of drug-likeness (QED) is 0.747. The highest BCUT2D eigenvalue weighted by molar-refractivity contribution is 5.86. The van der Waals surface area contributed by atoms with Crippen LogP contribution in [-0.2, 0) is 13.6 Å². The molecule has 0 aromatic carbocycles. The Labute approximate surface area is 103 Å². The van der Waals surface area contributed by atoms with Gasteiger partial charge in [-0.3, -0.25) is 14.3 Å². The second-order valence-electron chi connectivity index (χ2n) is 4.44. The van der Waals surface area contributed by atoms with Crippen molar-refractivity contribution in [2.24, 2.45) is 7.05 Å². The van der Waals surface area contributed by atoms with Crippen LogP contribution in [-0.4, -0.2) is 38.6 Å². The van der Waals surface area contributed by atoms with Crippen LogP contribution in [0.2, 0.25) is 0 Å². The Morgan fingerprint density at radius 1 is 1.33 bits per heavy atom. The van der Waals surface area contributed by atoms with E-state index in [1.165, 1.54) is 7.05 Å². The third-order valence-electron chi connectivity index (χ3n) is 3.20. The first-order valence-corrected chi connectivity index (χ1v) is 5.78. The van der Waals surface area contributed by atoms with Crippen LogP contribution >= 0.6 is 0 Å². The van der Waals surface area contributed by atoms with Gasteiger partial charge in [-0.15, -0.1) is 0 Å². The van der Waals surface area contributed by atoms with Crippen LogP contribution in [0.4, 0.5) is 0 Å². The number of nitrogens with one attached hydrogen (secondary N) is 1. The molecule has 2 heterocycles. The molecule has 2 N–H and O–H groups in total. The Morgan fingerprint density at radius 3 is 2.50 bits per heavy atom. The van der Waals surface area contributed by atoms with Gasteiger partial charge in [-0.1, -0.05) is 0 Å². The lowest BCUT2D eigenvalue weighted by Crippen LogP contribution is -2.39. The summed E-state index contributed by atoms with van der Waals surface area (Å²) in [6.45, 7) is 1.97. The van der Waals surface area contributed by atoms with Gasteiger partial charge in [0, 0.05) is 13.6 Å². The van der Waals surface area contributed by atoms with Crippen LogP contribution in [0.25, 0.3) is 0 Å². The zero-order valence-corrected chi connectivity index (χ0v) is 10.1. The fraction of sp³-hybridized carbons (Fsp3) is 0.545. The van der Waals surface area contributed by atoms with Gasteiger partial charge in [0.2, 0.25) is 0 Å². The Bertz CT molecular complexity index is 581. The van der Waals surface area contributed by atoms with Gasteiger partial charge in [-0.25, -0.2) is 9.59 Å². The van der Waals surface area contributed by atoms with Crippen LogP contribution < -0.4 is 11.2 Å². The summed E-state index contributed by atoms with van der Waals surface area (Å²) in [6.07, 6.45) is 2.10. The van der Waals surface area contributed by atoms with Gasteiger partial charge in [0.15, 0.2) is 0 Å². The molecule has 0 aliphatic carbocycles. The van der Waals surface area contributed by atoms with Crippen LogP contribution in [0.3, 0.4) is 0 Å². The largest absolute Gasteiger partial charge is 0.477 e.